The van der Waals surface area contributed by atoms with Gasteiger partial charge in [0.05, 0.1) is 13.7 Å². The molecular weight excluding hydrogens is 209 g/mol. The van der Waals surface area contributed by atoms with Crippen LogP contribution in [-0.4, -0.2) is 19.6 Å². The van der Waals surface area contributed by atoms with E-state index in [1.807, 2.05) is 6.07 Å². The zero-order valence-corrected chi connectivity index (χ0v) is 9.13. The van der Waals surface area contributed by atoms with E-state index in [0.717, 1.165) is 24.0 Å². The molecule has 0 bridgehead atoms. The number of nitrogens with one attached hydrogen (secondary N) is 1. The molecule has 86 valence electrons. The maximum atomic E-state index is 13.4. The van der Waals surface area contributed by atoms with Crippen LogP contribution >= 0.6 is 0 Å². The number of hydrogen-bond acceptors (Lipinski definition) is 3. The van der Waals surface area contributed by atoms with E-state index in [0.29, 0.717) is 0 Å². The van der Waals surface area contributed by atoms with Crippen molar-refractivity contribution in [1.29, 1.82) is 0 Å². The molecule has 3 nitrogen and oxygen atoms in total. The number of ether oxygens (including phenoxy) is 1. The molecule has 1 aliphatic carbocycles. The molecule has 1 unspecified atom stereocenters. The minimum atomic E-state index is -0.301. The van der Waals surface area contributed by atoms with E-state index in [9.17, 15) is 9.18 Å². The van der Waals surface area contributed by atoms with Crippen LogP contribution in [0.3, 0.4) is 0 Å². The van der Waals surface area contributed by atoms with Crippen LogP contribution in [0.15, 0.2) is 18.2 Å². The Morgan fingerprint density at radius 2 is 2.44 bits per heavy atom. The van der Waals surface area contributed by atoms with Crippen LogP contribution in [0.4, 0.5) is 4.39 Å². The van der Waals surface area contributed by atoms with Crippen molar-refractivity contribution in [3.05, 3.63) is 35.1 Å². The summed E-state index contributed by atoms with van der Waals surface area (Å²) in [6.07, 6.45) is 1.55. The summed E-state index contributed by atoms with van der Waals surface area (Å²) < 4.78 is 18.0. The van der Waals surface area contributed by atoms with E-state index in [2.05, 4.69) is 10.1 Å². The summed E-state index contributed by atoms with van der Waals surface area (Å²) in [4.78, 5) is 11.0. The second-order valence-corrected chi connectivity index (χ2v) is 3.86. The monoisotopic (exact) mass is 223 g/mol. The summed E-state index contributed by atoms with van der Waals surface area (Å²) >= 11 is 0. The highest BCUT2D eigenvalue weighted by Gasteiger charge is 2.24. The van der Waals surface area contributed by atoms with Gasteiger partial charge in [0.1, 0.15) is 5.82 Å². The van der Waals surface area contributed by atoms with E-state index in [4.69, 9.17) is 0 Å². The first-order valence-electron chi connectivity index (χ1n) is 5.30. The maximum Gasteiger partial charge on any atom is 0.319 e. The molecule has 0 aromatic heterocycles. The summed E-state index contributed by atoms with van der Waals surface area (Å²) in [6, 6.07) is 5.14. The number of carbonyl (C=O) groups is 1. The SMILES string of the molecule is COC(=O)CNC1CCc2c(F)cccc21. The zero-order chi connectivity index (χ0) is 11.5. The lowest BCUT2D eigenvalue weighted by molar-refractivity contribution is -0.139. The number of methoxy groups -OCH3 is 1. The van der Waals surface area contributed by atoms with Gasteiger partial charge in [-0.25, -0.2) is 4.39 Å². The Kier molecular flexibility index (Phi) is 3.19. The summed E-state index contributed by atoms with van der Waals surface area (Å²) in [7, 11) is 1.35. The fourth-order valence-corrected chi connectivity index (χ4v) is 2.10. The van der Waals surface area contributed by atoms with Crippen LogP contribution in [0.2, 0.25) is 0 Å². The van der Waals surface area contributed by atoms with Gasteiger partial charge < -0.3 is 10.1 Å². The lowest BCUT2D eigenvalue weighted by atomic mass is 10.1. The predicted molar refractivity (Wildman–Crippen MR) is 57.5 cm³/mol. The van der Waals surface area contributed by atoms with Crippen molar-refractivity contribution in [2.75, 3.05) is 13.7 Å². The van der Waals surface area contributed by atoms with E-state index in [1.165, 1.54) is 13.2 Å². The van der Waals surface area contributed by atoms with Crippen LogP contribution < -0.4 is 5.32 Å². The van der Waals surface area contributed by atoms with Gasteiger partial charge in [0, 0.05) is 6.04 Å². The molecule has 0 fully saturated rings. The van der Waals surface area contributed by atoms with Gasteiger partial charge in [0.15, 0.2) is 0 Å². The number of hydrogen-bond donors (Lipinski definition) is 1. The van der Waals surface area contributed by atoms with Crippen molar-refractivity contribution in [2.45, 2.75) is 18.9 Å². The summed E-state index contributed by atoms with van der Waals surface area (Å²) in [5.74, 6) is -0.454. The number of esters is 1. The largest absolute Gasteiger partial charge is 0.468 e. The molecule has 0 aliphatic heterocycles. The molecule has 4 heteroatoms. The minimum absolute atomic E-state index is 0.0600. The Labute approximate surface area is 93.6 Å². The lowest BCUT2D eigenvalue weighted by Gasteiger charge is -2.12. The van der Waals surface area contributed by atoms with Gasteiger partial charge in [-0.15, -0.1) is 0 Å². The molecule has 1 N–H and O–H groups in total. The van der Waals surface area contributed by atoms with E-state index >= 15 is 0 Å². The van der Waals surface area contributed by atoms with Gasteiger partial charge in [-0.3, -0.25) is 4.79 Å². The topological polar surface area (TPSA) is 38.3 Å². The van der Waals surface area contributed by atoms with Crippen molar-refractivity contribution >= 4 is 5.97 Å². The number of carbonyl (C=O) groups excluding carboxylic acids is 1. The fraction of sp³-hybridized carbons (Fsp3) is 0.417. The number of halogens is 1. The minimum Gasteiger partial charge on any atom is -0.468 e. The van der Waals surface area contributed by atoms with Gasteiger partial charge in [-0.05, 0) is 30.0 Å². The molecule has 0 saturated carbocycles. The van der Waals surface area contributed by atoms with Gasteiger partial charge in [0.25, 0.3) is 0 Å². The van der Waals surface area contributed by atoms with Crippen LogP contribution in [0.1, 0.15) is 23.6 Å². The highest BCUT2D eigenvalue weighted by atomic mass is 19.1. The number of fused-ring (bicyclic) bond motifs is 1. The van der Waals surface area contributed by atoms with Crippen LogP contribution in [0.5, 0.6) is 0 Å². The third-order valence-electron chi connectivity index (χ3n) is 2.93. The van der Waals surface area contributed by atoms with Crippen molar-refractivity contribution in [2.24, 2.45) is 0 Å². The quantitative estimate of drug-likeness (QED) is 0.790. The molecule has 0 radical (unpaired) electrons. The second-order valence-electron chi connectivity index (χ2n) is 3.86. The third kappa shape index (κ3) is 2.07. The number of benzene rings is 1. The van der Waals surface area contributed by atoms with Gasteiger partial charge in [-0.1, -0.05) is 12.1 Å². The van der Waals surface area contributed by atoms with Crippen LogP contribution in [-0.2, 0) is 16.0 Å². The first kappa shape index (κ1) is 11.1. The average molecular weight is 223 g/mol. The standard InChI is InChI=1S/C12H14FNO2/c1-16-12(15)7-14-11-6-5-8-9(11)3-2-4-10(8)13/h2-4,11,14H,5-7H2,1H3. The first-order chi connectivity index (χ1) is 7.72. The Hall–Kier alpha value is -1.42. The van der Waals surface area contributed by atoms with Crippen molar-refractivity contribution in [3.63, 3.8) is 0 Å². The van der Waals surface area contributed by atoms with Gasteiger partial charge in [-0.2, -0.15) is 0 Å². The molecule has 2 rings (SSSR count). The molecule has 1 aromatic rings. The molecule has 1 atom stereocenters. The van der Waals surface area contributed by atoms with Crippen molar-refractivity contribution in [1.82, 2.24) is 5.32 Å². The Morgan fingerprint density at radius 3 is 3.19 bits per heavy atom. The van der Waals surface area contributed by atoms with E-state index < -0.39 is 0 Å². The van der Waals surface area contributed by atoms with Gasteiger partial charge in [0.2, 0.25) is 0 Å². The van der Waals surface area contributed by atoms with Crippen molar-refractivity contribution in [3.8, 4) is 0 Å². The first-order valence-corrected chi connectivity index (χ1v) is 5.30. The third-order valence-corrected chi connectivity index (χ3v) is 2.93. The van der Waals surface area contributed by atoms with E-state index in [1.54, 1.807) is 6.07 Å². The second kappa shape index (κ2) is 4.61. The molecular formula is C12H14FNO2. The molecule has 0 saturated heterocycles. The smallest absolute Gasteiger partial charge is 0.319 e. The molecule has 0 amide bonds. The maximum absolute atomic E-state index is 13.4. The molecule has 0 heterocycles. The normalized spacial score (nSPS) is 18.2. The van der Waals surface area contributed by atoms with Gasteiger partial charge >= 0.3 is 5.97 Å². The molecule has 16 heavy (non-hydrogen) atoms. The molecule has 1 aliphatic rings. The predicted octanol–water partition coefficient (Wildman–Crippen LogP) is 1.58. The summed E-state index contributed by atoms with van der Waals surface area (Å²) in [5, 5.41) is 3.07. The number of rotatable bonds is 3. The van der Waals surface area contributed by atoms with Crippen molar-refractivity contribution < 1.29 is 13.9 Å². The highest BCUT2D eigenvalue weighted by Crippen LogP contribution is 2.32. The van der Waals surface area contributed by atoms with Crippen LogP contribution in [0, 0.1) is 5.82 Å². The van der Waals surface area contributed by atoms with Crippen LogP contribution in [0.25, 0.3) is 0 Å². The highest BCUT2D eigenvalue weighted by molar-refractivity contribution is 5.71. The Bertz CT molecular complexity index is 406. The fourth-order valence-electron chi connectivity index (χ4n) is 2.10. The van der Waals surface area contributed by atoms with E-state index in [-0.39, 0.29) is 24.4 Å². The average Bonchev–Trinajstić information content (AvgIpc) is 2.70. The summed E-state index contributed by atoms with van der Waals surface area (Å²) in [5.41, 5.74) is 1.73. The zero-order valence-electron chi connectivity index (χ0n) is 9.13. The summed E-state index contributed by atoms with van der Waals surface area (Å²) in [6.45, 7) is 0.164. The lowest BCUT2D eigenvalue weighted by Crippen LogP contribution is -2.27. The Morgan fingerprint density at radius 1 is 1.62 bits per heavy atom. The Balaban J connectivity index is 2.06. The molecule has 1 aromatic carbocycles. The molecule has 0 spiro atoms.